The number of ether oxygens (including phenoxy) is 2. The summed E-state index contributed by atoms with van der Waals surface area (Å²) in [5.41, 5.74) is 2.58. The molecular formula is C18H22N2O3. The highest BCUT2D eigenvalue weighted by Gasteiger charge is 2.09. The molecule has 122 valence electrons. The van der Waals surface area contributed by atoms with Crippen molar-refractivity contribution >= 4 is 11.6 Å². The Kier molecular flexibility index (Phi) is 5.46. The van der Waals surface area contributed by atoms with Crippen molar-refractivity contribution in [2.24, 2.45) is 0 Å². The molecule has 0 aromatic heterocycles. The highest BCUT2D eigenvalue weighted by Crippen LogP contribution is 2.24. The van der Waals surface area contributed by atoms with E-state index in [-0.39, 0.29) is 5.91 Å². The minimum absolute atomic E-state index is 0.117. The fourth-order valence-corrected chi connectivity index (χ4v) is 2.19. The van der Waals surface area contributed by atoms with Crippen LogP contribution >= 0.6 is 0 Å². The summed E-state index contributed by atoms with van der Waals surface area (Å²) in [7, 11) is 7.13. The lowest BCUT2D eigenvalue weighted by Gasteiger charge is -2.13. The summed E-state index contributed by atoms with van der Waals surface area (Å²) < 4.78 is 10.5. The maximum Gasteiger partial charge on any atom is 0.251 e. The second-order valence-electron chi connectivity index (χ2n) is 5.30. The summed E-state index contributed by atoms with van der Waals surface area (Å²) in [4.78, 5) is 14.2. The van der Waals surface area contributed by atoms with Crippen molar-refractivity contribution in [3.63, 3.8) is 0 Å². The summed E-state index contributed by atoms with van der Waals surface area (Å²) in [5.74, 6) is 1.29. The number of nitrogens with one attached hydrogen (secondary N) is 1. The number of carbonyl (C=O) groups excluding carboxylic acids is 1. The van der Waals surface area contributed by atoms with Crippen LogP contribution in [0.5, 0.6) is 11.5 Å². The van der Waals surface area contributed by atoms with Crippen LogP contribution < -0.4 is 19.7 Å². The predicted molar refractivity (Wildman–Crippen MR) is 91.5 cm³/mol. The van der Waals surface area contributed by atoms with E-state index in [0.717, 1.165) is 17.0 Å². The van der Waals surface area contributed by atoms with Gasteiger partial charge in [0.2, 0.25) is 0 Å². The molecule has 0 radical (unpaired) electrons. The van der Waals surface area contributed by atoms with Gasteiger partial charge in [-0.1, -0.05) is 0 Å². The Hall–Kier alpha value is -2.69. The maximum atomic E-state index is 12.2. The number of hydrogen-bond donors (Lipinski definition) is 1. The van der Waals surface area contributed by atoms with Crippen LogP contribution in [0.2, 0.25) is 0 Å². The summed E-state index contributed by atoms with van der Waals surface area (Å²) in [5, 5.41) is 2.90. The SMILES string of the molecule is COc1ccc(CNC(=O)c2ccc(N(C)C)cc2)c(OC)c1. The van der Waals surface area contributed by atoms with Gasteiger partial charge in [0.05, 0.1) is 14.2 Å². The van der Waals surface area contributed by atoms with Crippen LogP contribution in [0.1, 0.15) is 15.9 Å². The van der Waals surface area contributed by atoms with Gasteiger partial charge in [0.25, 0.3) is 5.91 Å². The summed E-state index contributed by atoms with van der Waals surface area (Å²) >= 11 is 0. The molecule has 2 aromatic carbocycles. The monoisotopic (exact) mass is 314 g/mol. The van der Waals surface area contributed by atoms with Crippen molar-refractivity contribution in [2.75, 3.05) is 33.2 Å². The minimum Gasteiger partial charge on any atom is -0.497 e. The van der Waals surface area contributed by atoms with E-state index < -0.39 is 0 Å². The first kappa shape index (κ1) is 16.7. The quantitative estimate of drug-likeness (QED) is 0.891. The topological polar surface area (TPSA) is 50.8 Å². The van der Waals surface area contributed by atoms with Gasteiger partial charge in [0.1, 0.15) is 11.5 Å². The molecule has 1 amide bonds. The fourth-order valence-electron chi connectivity index (χ4n) is 2.19. The number of benzene rings is 2. The van der Waals surface area contributed by atoms with Crippen LogP contribution in [-0.2, 0) is 6.54 Å². The largest absolute Gasteiger partial charge is 0.497 e. The van der Waals surface area contributed by atoms with Gasteiger partial charge in [-0.3, -0.25) is 4.79 Å². The molecule has 0 aliphatic heterocycles. The Morgan fingerprint density at radius 2 is 1.74 bits per heavy atom. The molecule has 1 N–H and O–H groups in total. The molecule has 0 atom stereocenters. The van der Waals surface area contributed by atoms with Gasteiger partial charge in [-0.25, -0.2) is 0 Å². The molecule has 23 heavy (non-hydrogen) atoms. The zero-order chi connectivity index (χ0) is 16.8. The van der Waals surface area contributed by atoms with Crippen molar-refractivity contribution in [1.29, 1.82) is 0 Å². The van der Waals surface area contributed by atoms with E-state index in [1.807, 2.05) is 55.4 Å². The molecule has 5 heteroatoms. The molecule has 2 rings (SSSR count). The number of nitrogens with zero attached hydrogens (tertiary/aromatic N) is 1. The second-order valence-corrected chi connectivity index (χ2v) is 5.30. The molecule has 0 fully saturated rings. The molecule has 0 aliphatic carbocycles. The van der Waals surface area contributed by atoms with Crippen LogP contribution in [0.15, 0.2) is 42.5 Å². The highest BCUT2D eigenvalue weighted by molar-refractivity contribution is 5.94. The standard InChI is InChI=1S/C18H22N2O3/c1-20(2)15-8-5-13(6-9-15)18(21)19-12-14-7-10-16(22-3)11-17(14)23-4/h5-11H,12H2,1-4H3,(H,19,21). The normalized spacial score (nSPS) is 10.1. The number of methoxy groups -OCH3 is 2. The first-order chi connectivity index (χ1) is 11.0. The average Bonchev–Trinajstić information content (AvgIpc) is 2.59. The van der Waals surface area contributed by atoms with Gasteiger partial charge in [-0.2, -0.15) is 0 Å². The molecular weight excluding hydrogens is 292 g/mol. The lowest BCUT2D eigenvalue weighted by atomic mass is 10.1. The van der Waals surface area contributed by atoms with E-state index in [9.17, 15) is 4.79 Å². The third-order valence-corrected chi connectivity index (χ3v) is 3.58. The van der Waals surface area contributed by atoms with Crippen LogP contribution in [-0.4, -0.2) is 34.2 Å². The Bertz CT molecular complexity index is 666. The Balaban J connectivity index is 2.04. The first-order valence-corrected chi connectivity index (χ1v) is 7.31. The van der Waals surface area contributed by atoms with E-state index >= 15 is 0 Å². The molecule has 0 bridgehead atoms. The number of anilines is 1. The third kappa shape index (κ3) is 4.16. The van der Waals surface area contributed by atoms with Gasteiger partial charge in [0, 0.05) is 43.5 Å². The van der Waals surface area contributed by atoms with Crippen LogP contribution in [0.4, 0.5) is 5.69 Å². The predicted octanol–water partition coefficient (Wildman–Crippen LogP) is 2.70. The molecule has 0 unspecified atom stereocenters. The van der Waals surface area contributed by atoms with E-state index in [1.165, 1.54) is 0 Å². The summed E-state index contributed by atoms with van der Waals surface area (Å²) in [6, 6.07) is 13.0. The highest BCUT2D eigenvalue weighted by atomic mass is 16.5. The van der Waals surface area contributed by atoms with Crippen LogP contribution in [0, 0.1) is 0 Å². The van der Waals surface area contributed by atoms with E-state index in [2.05, 4.69) is 5.32 Å². The number of carbonyl (C=O) groups is 1. The molecule has 0 heterocycles. The molecule has 5 nitrogen and oxygen atoms in total. The molecule has 2 aromatic rings. The smallest absolute Gasteiger partial charge is 0.251 e. The first-order valence-electron chi connectivity index (χ1n) is 7.31. The van der Waals surface area contributed by atoms with Gasteiger partial charge in [0.15, 0.2) is 0 Å². The van der Waals surface area contributed by atoms with Gasteiger partial charge in [-0.15, -0.1) is 0 Å². The van der Waals surface area contributed by atoms with Crippen molar-refractivity contribution in [2.45, 2.75) is 6.54 Å². The maximum absolute atomic E-state index is 12.2. The number of rotatable bonds is 6. The molecule has 0 saturated carbocycles. The minimum atomic E-state index is -0.117. The number of hydrogen-bond acceptors (Lipinski definition) is 4. The zero-order valence-corrected chi connectivity index (χ0v) is 13.9. The molecule has 0 aliphatic rings. The van der Waals surface area contributed by atoms with Crippen molar-refractivity contribution < 1.29 is 14.3 Å². The zero-order valence-electron chi connectivity index (χ0n) is 13.9. The van der Waals surface area contributed by atoms with E-state index in [4.69, 9.17) is 9.47 Å². The lowest BCUT2D eigenvalue weighted by Crippen LogP contribution is -2.23. The van der Waals surface area contributed by atoms with Gasteiger partial charge in [-0.05, 0) is 36.4 Å². The third-order valence-electron chi connectivity index (χ3n) is 3.58. The van der Waals surface area contributed by atoms with Gasteiger partial charge < -0.3 is 19.7 Å². The van der Waals surface area contributed by atoms with Crippen molar-refractivity contribution in [1.82, 2.24) is 5.32 Å². The van der Waals surface area contributed by atoms with Gasteiger partial charge >= 0.3 is 0 Å². The Labute approximate surface area is 136 Å². The van der Waals surface area contributed by atoms with Crippen molar-refractivity contribution in [3.8, 4) is 11.5 Å². The lowest BCUT2D eigenvalue weighted by molar-refractivity contribution is 0.0950. The molecule has 0 spiro atoms. The number of amides is 1. The fraction of sp³-hybridized carbons (Fsp3) is 0.278. The molecule has 0 saturated heterocycles. The Morgan fingerprint density at radius 3 is 2.30 bits per heavy atom. The summed E-state index contributed by atoms with van der Waals surface area (Å²) in [6.07, 6.45) is 0. The summed E-state index contributed by atoms with van der Waals surface area (Å²) in [6.45, 7) is 0.390. The average molecular weight is 314 g/mol. The van der Waals surface area contributed by atoms with E-state index in [0.29, 0.717) is 17.9 Å². The Morgan fingerprint density at radius 1 is 1.04 bits per heavy atom. The van der Waals surface area contributed by atoms with Crippen molar-refractivity contribution in [3.05, 3.63) is 53.6 Å². The van der Waals surface area contributed by atoms with Crippen LogP contribution in [0.25, 0.3) is 0 Å². The van der Waals surface area contributed by atoms with Crippen LogP contribution in [0.3, 0.4) is 0 Å². The second kappa shape index (κ2) is 7.54. The van der Waals surface area contributed by atoms with E-state index in [1.54, 1.807) is 20.3 Å².